The lowest BCUT2D eigenvalue weighted by atomic mass is 10.1. The van der Waals surface area contributed by atoms with Gasteiger partial charge in [-0.25, -0.2) is 9.18 Å². The van der Waals surface area contributed by atoms with E-state index in [1.165, 1.54) is 0 Å². The number of hydrogen-bond acceptors (Lipinski definition) is 6. The molecule has 0 aliphatic carbocycles. The summed E-state index contributed by atoms with van der Waals surface area (Å²) >= 11 is 0. The first kappa shape index (κ1) is 11.5. The summed E-state index contributed by atoms with van der Waals surface area (Å²) in [5.41, 5.74) is -0.399. The number of phenols is 1. The molecular formula is C10H9FO6. The number of hydrogen-bond donors (Lipinski definition) is 2. The second kappa shape index (κ2) is 4.10. The number of esters is 1. The average Bonchev–Trinajstić information content (AvgIpc) is 2.76. The van der Waals surface area contributed by atoms with E-state index in [0.29, 0.717) is 0 Å². The molecule has 0 radical (unpaired) electrons. The van der Waals surface area contributed by atoms with Crippen molar-refractivity contribution in [3.8, 4) is 17.2 Å². The SMILES string of the molecule is COC(=O)C(O)c1c(O)c(F)cc2c1OCO2. The summed E-state index contributed by atoms with van der Waals surface area (Å²) in [7, 11) is 1.06. The van der Waals surface area contributed by atoms with Crippen molar-refractivity contribution in [3.63, 3.8) is 0 Å². The van der Waals surface area contributed by atoms with Gasteiger partial charge in [0, 0.05) is 6.07 Å². The third-order valence-corrected chi connectivity index (χ3v) is 2.32. The van der Waals surface area contributed by atoms with Crippen LogP contribution in [0.2, 0.25) is 0 Å². The van der Waals surface area contributed by atoms with Gasteiger partial charge in [-0.1, -0.05) is 0 Å². The van der Waals surface area contributed by atoms with Crippen molar-refractivity contribution in [1.29, 1.82) is 0 Å². The van der Waals surface area contributed by atoms with Crippen molar-refractivity contribution >= 4 is 5.97 Å². The summed E-state index contributed by atoms with van der Waals surface area (Å²) in [5.74, 6) is -2.98. The molecule has 1 aromatic carbocycles. The van der Waals surface area contributed by atoms with Crippen molar-refractivity contribution in [3.05, 3.63) is 17.4 Å². The van der Waals surface area contributed by atoms with Crippen LogP contribution in [-0.4, -0.2) is 30.1 Å². The third kappa shape index (κ3) is 1.74. The molecule has 1 unspecified atom stereocenters. The minimum absolute atomic E-state index is 0.0123. The molecule has 0 saturated carbocycles. The Balaban J connectivity index is 2.56. The molecule has 92 valence electrons. The molecule has 1 aliphatic rings. The summed E-state index contributed by atoms with van der Waals surface area (Å²) in [5, 5.41) is 19.1. The van der Waals surface area contributed by atoms with Gasteiger partial charge in [0.25, 0.3) is 0 Å². The predicted octanol–water partition coefficient (Wildman–Crippen LogP) is 0.466. The topological polar surface area (TPSA) is 85.2 Å². The molecule has 2 rings (SSSR count). The lowest BCUT2D eigenvalue weighted by Gasteiger charge is -2.13. The number of carbonyl (C=O) groups excluding carboxylic acids is 1. The van der Waals surface area contributed by atoms with Crippen molar-refractivity contribution in [2.75, 3.05) is 13.9 Å². The summed E-state index contributed by atoms with van der Waals surface area (Å²) in [4.78, 5) is 11.2. The number of aromatic hydroxyl groups is 1. The highest BCUT2D eigenvalue weighted by atomic mass is 19.1. The summed E-state index contributed by atoms with van der Waals surface area (Å²) in [6.07, 6.45) is -1.84. The molecule has 0 aromatic heterocycles. The van der Waals surface area contributed by atoms with Crippen LogP contribution in [0, 0.1) is 5.82 Å². The minimum atomic E-state index is -1.84. The lowest BCUT2D eigenvalue weighted by molar-refractivity contribution is -0.150. The number of phenolic OH excluding ortho intramolecular Hbond substituents is 1. The number of aliphatic hydroxyl groups excluding tert-OH is 1. The number of methoxy groups -OCH3 is 1. The standard InChI is InChI=1S/C10H9FO6/c1-15-10(14)8(13)6-7(12)4(11)2-5-9(6)17-3-16-5/h2,8,12-13H,3H2,1H3. The van der Waals surface area contributed by atoms with E-state index in [-0.39, 0.29) is 18.3 Å². The predicted molar refractivity (Wildman–Crippen MR) is 51.2 cm³/mol. The number of rotatable bonds is 2. The van der Waals surface area contributed by atoms with Crippen LogP contribution in [0.25, 0.3) is 0 Å². The van der Waals surface area contributed by atoms with E-state index in [9.17, 15) is 19.4 Å². The zero-order valence-electron chi connectivity index (χ0n) is 8.77. The number of benzene rings is 1. The fourth-order valence-corrected chi connectivity index (χ4v) is 1.51. The lowest BCUT2D eigenvalue weighted by Crippen LogP contribution is -2.14. The van der Waals surface area contributed by atoms with Crippen LogP contribution in [0.15, 0.2) is 6.07 Å². The molecule has 1 heterocycles. The number of fused-ring (bicyclic) bond motifs is 1. The van der Waals surface area contributed by atoms with Crippen LogP contribution in [0.1, 0.15) is 11.7 Å². The Bertz CT molecular complexity index is 472. The minimum Gasteiger partial charge on any atom is -0.504 e. The largest absolute Gasteiger partial charge is 0.504 e. The van der Waals surface area contributed by atoms with Crippen LogP contribution in [0.5, 0.6) is 17.2 Å². The van der Waals surface area contributed by atoms with Gasteiger partial charge < -0.3 is 24.4 Å². The number of ether oxygens (including phenoxy) is 3. The molecule has 7 heteroatoms. The number of carbonyl (C=O) groups is 1. The molecule has 1 aromatic rings. The monoisotopic (exact) mass is 244 g/mol. The first-order valence-electron chi connectivity index (χ1n) is 4.63. The normalized spacial score (nSPS) is 14.5. The molecule has 6 nitrogen and oxygen atoms in total. The number of halogens is 1. The first-order valence-corrected chi connectivity index (χ1v) is 4.63. The fraction of sp³-hybridized carbons (Fsp3) is 0.300. The van der Waals surface area contributed by atoms with Crippen molar-refractivity contribution < 1.29 is 33.6 Å². The zero-order valence-corrected chi connectivity index (χ0v) is 8.77. The summed E-state index contributed by atoms with van der Waals surface area (Å²) in [6, 6.07) is 0.908. The van der Waals surface area contributed by atoms with E-state index >= 15 is 0 Å². The highest BCUT2D eigenvalue weighted by molar-refractivity contribution is 5.79. The van der Waals surface area contributed by atoms with Crippen molar-refractivity contribution in [2.24, 2.45) is 0 Å². The highest BCUT2D eigenvalue weighted by Crippen LogP contribution is 2.45. The Morgan fingerprint density at radius 3 is 2.94 bits per heavy atom. The molecule has 0 spiro atoms. The van der Waals surface area contributed by atoms with E-state index in [2.05, 4.69) is 4.74 Å². The molecule has 0 bridgehead atoms. The first-order chi connectivity index (χ1) is 8.06. The van der Waals surface area contributed by atoms with Crippen molar-refractivity contribution in [2.45, 2.75) is 6.10 Å². The van der Waals surface area contributed by atoms with E-state index in [1.54, 1.807) is 0 Å². The zero-order chi connectivity index (χ0) is 12.6. The van der Waals surface area contributed by atoms with Gasteiger partial charge in [-0.2, -0.15) is 0 Å². The second-order valence-electron chi connectivity index (χ2n) is 3.28. The van der Waals surface area contributed by atoms with Gasteiger partial charge in [-0.15, -0.1) is 0 Å². The molecule has 1 atom stereocenters. The highest BCUT2D eigenvalue weighted by Gasteiger charge is 2.32. The maximum atomic E-state index is 13.3. The quantitative estimate of drug-likeness (QED) is 0.735. The summed E-state index contributed by atoms with van der Waals surface area (Å²) < 4.78 is 27.5. The Labute approximate surface area is 95.1 Å². The van der Waals surface area contributed by atoms with Crippen LogP contribution >= 0.6 is 0 Å². The maximum absolute atomic E-state index is 13.3. The Hall–Kier alpha value is -2.02. The van der Waals surface area contributed by atoms with Crippen LogP contribution in [-0.2, 0) is 9.53 Å². The molecular weight excluding hydrogens is 235 g/mol. The third-order valence-electron chi connectivity index (χ3n) is 2.32. The second-order valence-corrected chi connectivity index (χ2v) is 3.28. The van der Waals surface area contributed by atoms with Crippen molar-refractivity contribution in [1.82, 2.24) is 0 Å². The Morgan fingerprint density at radius 2 is 2.29 bits per heavy atom. The molecule has 0 saturated heterocycles. The van der Waals surface area contributed by atoms with E-state index in [1.807, 2.05) is 0 Å². The molecule has 0 amide bonds. The molecule has 2 N–H and O–H groups in total. The maximum Gasteiger partial charge on any atom is 0.339 e. The van der Waals surface area contributed by atoms with Crippen LogP contribution in [0.4, 0.5) is 4.39 Å². The van der Waals surface area contributed by atoms with Gasteiger partial charge in [0.1, 0.15) is 0 Å². The molecule has 17 heavy (non-hydrogen) atoms. The number of aliphatic hydroxyl groups is 1. The van der Waals surface area contributed by atoms with E-state index in [4.69, 9.17) is 9.47 Å². The van der Waals surface area contributed by atoms with Crippen LogP contribution in [0.3, 0.4) is 0 Å². The van der Waals surface area contributed by atoms with Gasteiger partial charge in [0.05, 0.1) is 12.7 Å². The van der Waals surface area contributed by atoms with Gasteiger partial charge in [0.15, 0.2) is 29.2 Å². The van der Waals surface area contributed by atoms with E-state index in [0.717, 1.165) is 13.2 Å². The molecule has 0 fully saturated rings. The molecule has 1 aliphatic heterocycles. The Morgan fingerprint density at radius 1 is 1.59 bits per heavy atom. The average molecular weight is 244 g/mol. The summed E-state index contributed by atoms with van der Waals surface area (Å²) in [6.45, 7) is -0.181. The van der Waals surface area contributed by atoms with E-state index < -0.39 is 29.2 Å². The van der Waals surface area contributed by atoms with Crippen LogP contribution < -0.4 is 9.47 Å². The Kier molecular flexibility index (Phi) is 2.76. The smallest absolute Gasteiger partial charge is 0.339 e. The van der Waals surface area contributed by atoms with Gasteiger partial charge in [-0.05, 0) is 0 Å². The van der Waals surface area contributed by atoms with Gasteiger partial charge in [-0.3, -0.25) is 0 Å². The van der Waals surface area contributed by atoms with Gasteiger partial charge in [0.2, 0.25) is 6.79 Å². The van der Waals surface area contributed by atoms with Gasteiger partial charge >= 0.3 is 5.97 Å². The fourth-order valence-electron chi connectivity index (χ4n) is 1.51.